The molecule has 3 aromatic rings. The zero-order valence-electron chi connectivity index (χ0n) is 18.5. The zero-order valence-corrected chi connectivity index (χ0v) is 19.4. The van der Waals surface area contributed by atoms with Crippen LogP contribution in [0.1, 0.15) is 52.3 Å². The number of hydrogen-bond acceptors (Lipinski definition) is 3. The largest absolute Gasteiger partial charge is 0.342 e. The summed E-state index contributed by atoms with van der Waals surface area (Å²) in [6.07, 6.45) is 10.1. The fourth-order valence-corrected chi connectivity index (χ4v) is 5.36. The summed E-state index contributed by atoms with van der Waals surface area (Å²) in [5.74, 6) is 1.04. The Hall–Kier alpha value is -2.72. The fourth-order valence-electron chi connectivity index (χ4n) is 5.36. The molecule has 0 spiro atoms. The predicted octanol–water partition coefficient (Wildman–Crippen LogP) is 4.92. The van der Waals surface area contributed by atoms with Gasteiger partial charge in [-0.05, 0) is 72.9 Å². The van der Waals surface area contributed by atoms with Crippen LogP contribution in [0.25, 0.3) is 0 Å². The normalized spacial score (nSPS) is 18.2. The number of halogens is 1. The molecule has 32 heavy (non-hydrogen) atoms. The number of fused-ring (bicyclic) bond motifs is 2. The highest BCUT2D eigenvalue weighted by atomic mass is 35.5. The van der Waals surface area contributed by atoms with E-state index in [2.05, 4.69) is 42.2 Å². The highest BCUT2D eigenvalue weighted by molar-refractivity contribution is 5.85. The van der Waals surface area contributed by atoms with Crippen molar-refractivity contribution in [2.45, 2.75) is 44.9 Å². The SMILES string of the molecule is Cc1ccc2c(c1)CCc1cccnc1C2C1CCN(C(=O)Cc2cccnc2)CC1.Cl. The highest BCUT2D eigenvalue weighted by Crippen LogP contribution is 2.42. The molecule has 5 heteroatoms. The summed E-state index contributed by atoms with van der Waals surface area (Å²) in [6.45, 7) is 3.82. The molecule has 0 N–H and O–H groups in total. The summed E-state index contributed by atoms with van der Waals surface area (Å²) in [5.41, 5.74) is 7.87. The highest BCUT2D eigenvalue weighted by Gasteiger charge is 2.34. The summed E-state index contributed by atoms with van der Waals surface area (Å²) >= 11 is 0. The third kappa shape index (κ3) is 4.56. The molecule has 1 atom stereocenters. The van der Waals surface area contributed by atoms with Crippen molar-refractivity contribution in [3.63, 3.8) is 0 Å². The number of benzene rings is 1. The molecule has 0 saturated carbocycles. The molecule has 1 saturated heterocycles. The van der Waals surface area contributed by atoms with Crippen LogP contribution in [-0.2, 0) is 24.1 Å². The molecule has 3 heterocycles. The van der Waals surface area contributed by atoms with Gasteiger partial charge in [-0.3, -0.25) is 14.8 Å². The van der Waals surface area contributed by atoms with E-state index in [1.165, 1.54) is 27.9 Å². The predicted molar refractivity (Wildman–Crippen MR) is 129 cm³/mol. The van der Waals surface area contributed by atoms with Gasteiger partial charge < -0.3 is 4.90 Å². The minimum absolute atomic E-state index is 0. The number of aryl methyl sites for hydroxylation is 3. The molecule has 1 fully saturated rings. The van der Waals surface area contributed by atoms with Gasteiger partial charge in [-0.1, -0.05) is 35.9 Å². The van der Waals surface area contributed by atoms with Crippen molar-refractivity contribution in [1.82, 2.24) is 14.9 Å². The van der Waals surface area contributed by atoms with E-state index in [-0.39, 0.29) is 18.3 Å². The molecule has 166 valence electrons. The summed E-state index contributed by atoms with van der Waals surface area (Å²) in [7, 11) is 0. The Morgan fingerprint density at radius 1 is 1.03 bits per heavy atom. The van der Waals surface area contributed by atoms with Gasteiger partial charge in [-0.25, -0.2) is 0 Å². The van der Waals surface area contributed by atoms with Crippen LogP contribution in [0.4, 0.5) is 0 Å². The molecule has 1 unspecified atom stereocenters. The standard InChI is InChI=1S/C27H29N3O.ClH/c1-19-6-9-24-23(16-19)8-7-22-5-3-13-29-27(22)26(24)21-10-14-30(15-11-21)25(31)17-20-4-2-12-28-18-20;/h2-6,9,12-13,16,18,21,26H,7-8,10-11,14-15,17H2,1H3;1H. The summed E-state index contributed by atoms with van der Waals surface area (Å²) < 4.78 is 0. The smallest absolute Gasteiger partial charge is 0.227 e. The molecule has 1 aliphatic carbocycles. The van der Waals surface area contributed by atoms with E-state index < -0.39 is 0 Å². The lowest BCUT2D eigenvalue weighted by Gasteiger charge is -2.37. The number of hydrogen-bond donors (Lipinski definition) is 0. The average molecular weight is 448 g/mol. The quantitative estimate of drug-likeness (QED) is 0.572. The Kier molecular flexibility index (Phi) is 6.90. The first kappa shape index (κ1) is 22.5. The van der Waals surface area contributed by atoms with E-state index in [1.54, 1.807) is 12.4 Å². The summed E-state index contributed by atoms with van der Waals surface area (Å²) in [5, 5.41) is 0. The number of rotatable bonds is 3. The van der Waals surface area contributed by atoms with Crippen molar-refractivity contribution in [2.75, 3.05) is 13.1 Å². The van der Waals surface area contributed by atoms with Crippen LogP contribution < -0.4 is 0 Å². The molecule has 2 aromatic heterocycles. The van der Waals surface area contributed by atoms with Gasteiger partial charge in [0.1, 0.15) is 0 Å². The molecular formula is C27H30ClN3O. The summed E-state index contributed by atoms with van der Waals surface area (Å²) in [6, 6.07) is 15.1. The van der Waals surface area contributed by atoms with Crippen LogP contribution in [0.5, 0.6) is 0 Å². The van der Waals surface area contributed by atoms with Crippen molar-refractivity contribution < 1.29 is 4.79 Å². The molecule has 1 aliphatic heterocycles. The first-order valence-electron chi connectivity index (χ1n) is 11.4. The second-order valence-corrected chi connectivity index (χ2v) is 8.98. The number of aromatic nitrogens is 2. The molecule has 1 aromatic carbocycles. The van der Waals surface area contributed by atoms with Gasteiger partial charge in [0, 0.05) is 37.6 Å². The third-order valence-electron chi connectivity index (χ3n) is 6.96. The van der Waals surface area contributed by atoms with Crippen LogP contribution in [0.3, 0.4) is 0 Å². The molecule has 1 amide bonds. The lowest BCUT2D eigenvalue weighted by molar-refractivity contribution is -0.131. The topological polar surface area (TPSA) is 46.1 Å². The lowest BCUT2D eigenvalue weighted by atomic mass is 9.76. The van der Waals surface area contributed by atoms with Crippen molar-refractivity contribution in [3.05, 3.63) is 94.6 Å². The van der Waals surface area contributed by atoms with Gasteiger partial charge in [-0.15, -0.1) is 12.4 Å². The molecule has 5 rings (SSSR count). The van der Waals surface area contributed by atoms with Crippen LogP contribution >= 0.6 is 12.4 Å². The minimum Gasteiger partial charge on any atom is -0.342 e. The van der Waals surface area contributed by atoms with E-state index in [9.17, 15) is 4.79 Å². The van der Waals surface area contributed by atoms with Crippen LogP contribution in [0.15, 0.2) is 61.1 Å². The first-order chi connectivity index (χ1) is 15.2. The molecule has 4 nitrogen and oxygen atoms in total. The Morgan fingerprint density at radius 2 is 1.81 bits per heavy atom. The van der Waals surface area contributed by atoms with E-state index in [1.807, 2.05) is 23.2 Å². The van der Waals surface area contributed by atoms with Gasteiger partial charge in [0.2, 0.25) is 5.91 Å². The van der Waals surface area contributed by atoms with Gasteiger partial charge >= 0.3 is 0 Å². The Labute approximate surface area is 196 Å². The molecule has 2 aliphatic rings. The number of amides is 1. The number of likely N-dealkylation sites (tertiary alicyclic amines) is 1. The van der Waals surface area contributed by atoms with E-state index in [0.717, 1.165) is 44.3 Å². The van der Waals surface area contributed by atoms with Gasteiger partial charge in [-0.2, -0.15) is 0 Å². The second kappa shape index (κ2) is 9.83. The van der Waals surface area contributed by atoms with Crippen molar-refractivity contribution in [3.8, 4) is 0 Å². The maximum atomic E-state index is 12.8. The third-order valence-corrected chi connectivity index (χ3v) is 6.96. The summed E-state index contributed by atoms with van der Waals surface area (Å²) in [4.78, 5) is 23.9. The lowest BCUT2D eigenvalue weighted by Crippen LogP contribution is -2.40. The number of piperidine rings is 1. The minimum atomic E-state index is 0. The Balaban J connectivity index is 0.00000245. The number of nitrogens with zero attached hydrogens (tertiary/aromatic N) is 3. The average Bonchev–Trinajstić information content (AvgIpc) is 2.96. The van der Waals surface area contributed by atoms with E-state index in [0.29, 0.717) is 18.3 Å². The van der Waals surface area contributed by atoms with Gasteiger partial charge in [0.15, 0.2) is 0 Å². The van der Waals surface area contributed by atoms with Crippen LogP contribution in [0.2, 0.25) is 0 Å². The Morgan fingerprint density at radius 3 is 2.59 bits per heavy atom. The first-order valence-corrected chi connectivity index (χ1v) is 11.4. The van der Waals surface area contributed by atoms with Gasteiger partial charge in [0.25, 0.3) is 0 Å². The number of carbonyl (C=O) groups is 1. The van der Waals surface area contributed by atoms with Crippen molar-refractivity contribution >= 4 is 18.3 Å². The number of pyridine rings is 2. The van der Waals surface area contributed by atoms with E-state index >= 15 is 0 Å². The van der Waals surface area contributed by atoms with Gasteiger partial charge in [0.05, 0.1) is 12.1 Å². The monoisotopic (exact) mass is 447 g/mol. The Bertz CT molecular complexity index is 1080. The zero-order chi connectivity index (χ0) is 21.2. The fraction of sp³-hybridized carbons (Fsp3) is 0.370. The second-order valence-electron chi connectivity index (χ2n) is 8.98. The van der Waals surface area contributed by atoms with E-state index in [4.69, 9.17) is 4.98 Å². The maximum Gasteiger partial charge on any atom is 0.227 e. The number of carbonyl (C=O) groups excluding carboxylic acids is 1. The van der Waals surface area contributed by atoms with Crippen molar-refractivity contribution in [2.24, 2.45) is 5.92 Å². The molecular weight excluding hydrogens is 418 g/mol. The van der Waals surface area contributed by atoms with Crippen molar-refractivity contribution in [1.29, 1.82) is 0 Å². The van der Waals surface area contributed by atoms with Crippen LogP contribution in [-0.4, -0.2) is 33.9 Å². The maximum absolute atomic E-state index is 12.8. The van der Waals surface area contributed by atoms with Crippen LogP contribution in [0, 0.1) is 12.8 Å². The molecule has 0 radical (unpaired) electrons. The molecule has 0 bridgehead atoms.